The van der Waals surface area contributed by atoms with Crippen LogP contribution < -0.4 is 10.2 Å². The maximum Gasteiger partial charge on any atom is 0.259 e. The van der Waals surface area contributed by atoms with Crippen LogP contribution in [0.15, 0.2) is 79.1 Å². The third-order valence-electron chi connectivity index (χ3n) is 4.20. The fourth-order valence-corrected chi connectivity index (χ4v) is 2.86. The molecule has 0 saturated heterocycles. The van der Waals surface area contributed by atoms with Crippen molar-refractivity contribution in [2.75, 3.05) is 23.3 Å². The largest absolute Gasteiger partial charge is 0.383 e. The van der Waals surface area contributed by atoms with E-state index < -0.39 is 0 Å². The highest BCUT2D eigenvalue weighted by Gasteiger charge is 2.16. The monoisotopic (exact) mass is 345 g/mol. The molecule has 4 nitrogen and oxygen atoms in total. The molecule has 0 saturated carbocycles. The molecule has 0 bridgehead atoms. The molecule has 0 unspecified atom stereocenters. The lowest BCUT2D eigenvalue weighted by atomic mass is 10.1. The molecule has 3 rings (SSSR count). The molecule has 0 aliphatic rings. The lowest BCUT2D eigenvalue weighted by Gasteiger charge is -2.21. The van der Waals surface area contributed by atoms with Crippen LogP contribution >= 0.6 is 0 Å². The Morgan fingerprint density at radius 2 is 1.69 bits per heavy atom. The Morgan fingerprint density at radius 1 is 1.00 bits per heavy atom. The van der Waals surface area contributed by atoms with Crippen molar-refractivity contribution < 1.29 is 4.79 Å². The van der Waals surface area contributed by atoms with Gasteiger partial charge in [0, 0.05) is 31.2 Å². The fourth-order valence-electron chi connectivity index (χ4n) is 2.86. The van der Waals surface area contributed by atoms with Crippen LogP contribution in [0.5, 0.6) is 0 Å². The van der Waals surface area contributed by atoms with Crippen LogP contribution in [0.1, 0.15) is 22.8 Å². The van der Waals surface area contributed by atoms with Crippen LogP contribution in [-0.2, 0) is 6.42 Å². The summed E-state index contributed by atoms with van der Waals surface area (Å²) >= 11 is 0. The summed E-state index contributed by atoms with van der Waals surface area (Å²) in [5.41, 5.74) is 3.61. The molecule has 1 amide bonds. The number of nitrogens with zero attached hydrogens (tertiary/aromatic N) is 2. The second-order valence-corrected chi connectivity index (χ2v) is 6.01. The topological polar surface area (TPSA) is 45.2 Å². The van der Waals surface area contributed by atoms with Crippen LogP contribution in [0.4, 0.5) is 11.4 Å². The zero-order chi connectivity index (χ0) is 18.2. The van der Waals surface area contributed by atoms with Gasteiger partial charge in [-0.25, -0.2) is 0 Å². The number of nitrogens with one attached hydrogen (secondary N) is 1. The van der Waals surface area contributed by atoms with Gasteiger partial charge in [0.25, 0.3) is 5.91 Å². The van der Waals surface area contributed by atoms with E-state index in [2.05, 4.69) is 22.4 Å². The van der Waals surface area contributed by atoms with Crippen LogP contribution in [0.3, 0.4) is 0 Å². The molecule has 0 fully saturated rings. The standard InChI is InChI=1S/C22H23N3O/c1-2-25(21-11-7-4-8-12-21)22(26)19-15-20(17-23-16-19)24-14-13-18-9-5-3-6-10-18/h3-12,15-17,24H,2,13-14H2,1H3. The number of pyridine rings is 1. The van der Waals surface area contributed by atoms with Crippen molar-refractivity contribution in [3.63, 3.8) is 0 Å². The van der Waals surface area contributed by atoms with Crippen molar-refractivity contribution in [1.82, 2.24) is 4.98 Å². The smallest absolute Gasteiger partial charge is 0.259 e. The first-order valence-electron chi connectivity index (χ1n) is 8.87. The summed E-state index contributed by atoms with van der Waals surface area (Å²) in [6.07, 6.45) is 4.29. The molecule has 2 aromatic carbocycles. The molecule has 0 atom stereocenters. The van der Waals surface area contributed by atoms with Crippen molar-refractivity contribution in [3.8, 4) is 0 Å². The Labute approximate surface area is 154 Å². The summed E-state index contributed by atoms with van der Waals surface area (Å²) in [4.78, 5) is 18.9. The van der Waals surface area contributed by atoms with Gasteiger partial charge in [-0.15, -0.1) is 0 Å². The van der Waals surface area contributed by atoms with E-state index in [9.17, 15) is 4.79 Å². The SMILES string of the molecule is CCN(C(=O)c1cncc(NCCc2ccccc2)c1)c1ccccc1. The highest BCUT2D eigenvalue weighted by atomic mass is 16.2. The molecule has 1 heterocycles. The molecular formula is C22H23N3O. The minimum absolute atomic E-state index is 0.0436. The first-order valence-corrected chi connectivity index (χ1v) is 8.87. The summed E-state index contributed by atoms with van der Waals surface area (Å²) in [7, 11) is 0. The van der Waals surface area contributed by atoms with Crippen LogP contribution in [0.2, 0.25) is 0 Å². The van der Waals surface area contributed by atoms with Gasteiger partial charge in [0.1, 0.15) is 0 Å². The molecular weight excluding hydrogens is 322 g/mol. The highest BCUT2D eigenvalue weighted by molar-refractivity contribution is 6.06. The Morgan fingerprint density at radius 3 is 2.38 bits per heavy atom. The third kappa shape index (κ3) is 4.48. The molecule has 0 aliphatic heterocycles. The van der Waals surface area contributed by atoms with Gasteiger partial charge in [0.05, 0.1) is 11.3 Å². The van der Waals surface area contributed by atoms with Crippen LogP contribution in [-0.4, -0.2) is 24.0 Å². The molecule has 26 heavy (non-hydrogen) atoms. The summed E-state index contributed by atoms with van der Waals surface area (Å²) in [5, 5.41) is 3.35. The number of carbonyl (C=O) groups excluding carboxylic acids is 1. The fraction of sp³-hybridized carbons (Fsp3) is 0.182. The van der Waals surface area contributed by atoms with Crippen molar-refractivity contribution in [2.24, 2.45) is 0 Å². The average molecular weight is 345 g/mol. The molecule has 0 radical (unpaired) electrons. The normalized spacial score (nSPS) is 10.3. The van der Waals surface area contributed by atoms with E-state index in [1.807, 2.05) is 61.5 Å². The Hall–Kier alpha value is -3.14. The predicted molar refractivity (Wildman–Crippen MR) is 107 cm³/mol. The molecule has 4 heteroatoms. The highest BCUT2D eigenvalue weighted by Crippen LogP contribution is 2.18. The van der Waals surface area contributed by atoms with E-state index in [4.69, 9.17) is 0 Å². The van der Waals surface area contributed by atoms with Gasteiger partial charge >= 0.3 is 0 Å². The number of rotatable bonds is 7. The van der Waals surface area contributed by atoms with Crippen molar-refractivity contribution in [1.29, 1.82) is 0 Å². The number of para-hydroxylation sites is 1. The maximum absolute atomic E-state index is 12.9. The molecule has 0 spiro atoms. The molecule has 132 valence electrons. The van der Waals surface area contributed by atoms with Gasteiger partial charge in [0.15, 0.2) is 0 Å². The number of hydrogen-bond donors (Lipinski definition) is 1. The van der Waals surface area contributed by atoms with Gasteiger partial charge in [-0.05, 0) is 37.1 Å². The van der Waals surface area contributed by atoms with Gasteiger partial charge < -0.3 is 10.2 Å². The van der Waals surface area contributed by atoms with Gasteiger partial charge in [0.2, 0.25) is 0 Å². The van der Waals surface area contributed by atoms with E-state index in [0.717, 1.165) is 24.3 Å². The lowest BCUT2D eigenvalue weighted by molar-refractivity contribution is 0.0988. The van der Waals surface area contributed by atoms with E-state index in [0.29, 0.717) is 12.1 Å². The summed E-state index contributed by atoms with van der Waals surface area (Å²) < 4.78 is 0. The number of benzene rings is 2. The lowest BCUT2D eigenvalue weighted by Crippen LogP contribution is -2.30. The molecule has 1 N–H and O–H groups in total. The molecule has 3 aromatic rings. The van der Waals surface area contributed by atoms with E-state index in [-0.39, 0.29) is 5.91 Å². The van der Waals surface area contributed by atoms with Crippen molar-refractivity contribution >= 4 is 17.3 Å². The van der Waals surface area contributed by atoms with Crippen LogP contribution in [0.25, 0.3) is 0 Å². The first kappa shape index (κ1) is 17.7. The zero-order valence-corrected chi connectivity index (χ0v) is 14.9. The number of carbonyl (C=O) groups is 1. The summed E-state index contributed by atoms with van der Waals surface area (Å²) in [6, 6.07) is 21.9. The number of hydrogen-bond acceptors (Lipinski definition) is 3. The Bertz CT molecular complexity index is 834. The first-order chi connectivity index (χ1) is 12.8. The van der Waals surface area contributed by atoms with Crippen LogP contribution in [0, 0.1) is 0 Å². The Balaban J connectivity index is 1.67. The number of anilines is 2. The quantitative estimate of drug-likeness (QED) is 0.690. The van der Waals surface area contributed by atoms with Crippen molar-refractivity contribution in [2.45, 2.75) is 13.3 Å². The Kier molecular flexibility index (Phi) is 5.99. The van der Waals surface area contributed by atoms with Crippen molar-refractivity contribution in [3.05, 3.63) is 90.3 Å². The minimum Gasteiger partial charge on any atom is -0.383 e. The molecule has 1 aromatic heterocycles. The summed E-state index contributed by atoms with van der Waals surface area (Å²) in [6.45, 7) is 3.37. The van der Waals surface area contributed by atoms with E-state index in [1.165, 1.54) is 5.56 Å². The second kappa shape index (κ2) is 8.81. The maximum atomic E-state index is 12.9. The second-order valence-electron chi connectivity index (χ2n) is 6.01. The average Bonchev–Trinajstić information content (AvgIpc) is 2.70. The molecule has 0 aliphatic carbocycles. The predicted octanol–water partition coefficient (Wildman–Crippen LogP) is 4.40. The van der Waals surface area contributed by atoms with E-state index >= 15 is 0 Å². The van der Waals surface area contributed by atoms with Gasteiger partial charge in [-0.2, -0.15) is 0 Å². The zero-order valence-electron chi connectivity index (χ0n) is 14.9. The number of amides is 1. The number of aromatic nitrogens is 1. The summed E-state index contributed by atoms with van der Waals surface area (Å²) in [5.74, 6) is -0.0436. The third-order valence-corrected chi connectivity index (χ3v) is 4.20. The van der Waals surface area contributed by atoms with Gasteiger partial charge in [-0.3, -0.25) is 9.78 Å². The van der Waals surface area contributed by atoms with E-state index in [1.54, 1.807) is 17.3 Å². The van der Waals surface area contributed by atoms with Gasteiger partial charge in [-0.1, -0.05) is 48.5 Å². The minimum atomic E-state index is -0.0436.